The number of nitrogens with two attached hydrogens (primary N) is 2. The molecular formula is C29H34N12O3. The molecule has 4 aromatic heterocycles. The molecule has 2 amide bonds. The Bertz CT molecular complexity index is 1790. The van der Waals surface area contributed by atoms with E-state index < -0.39 is 0 Å². The summed E-state index contributed by atoms with van der Waals surface area (Å²) in [5, 5.41) is 8.39. The molecule has 0 radical (unpaired) electrons. The van der Waals surface area contributed by atoms with Crippen molar-refractivity contribution in [2.24, 2.45) is 0 Å². The number of anilines is 3. The van der Waals surface area contributed by atoms with E-state index in [-0.39, 0.29) is 17.8 Å². The number of benzene rings is 1. The van der Waals surface area contributed by atoms with Gasteiger partial charge in [-0.1, -0.05) is 6.92 Å². The largest absolute Gasteiger partial charge is 0.424 e. The summed E-state index contributed by atoms with van der Waals surface area (Å²) in [6.07, 6.45) is 7.37. The number of nitrogens with zero attached hydrogens (tertiary/aromatic N) is 9. The van der Waals surface area contributed by atoms with Crippen LogP contribution < -0.4 is 21.7 Å². The normalized spacial score (nSPS) is 13.6. The molecule has 44 heavy (non-hydrogen) atoms. The van der Waals surface area contributed by atoms with E-state index in [1.807, 2.05) is 28.9 Å². The van der Waals surface area contributed by atoms with E-state index in [2.05, 4.69) is 30.2 Å². The van der Waals surface area contributed by atoms with E-state index in [9.17, 15) is 9.59 Å². The topological polar surface area (TPSA) is 200 Å². The highest BCUT2D eigenvalue weighted by atomic mass is 16.4. The van der Waals surface area contributed by atoms with Crippen LogP contribution in [0.3, 0.4) is 0 Å². The molecule has 0 spiro atoms. The number of aromatic nitrogens is 7. The Morgan fingerprint density at radius 3 is 2.59 bits per heavy atom. The van der Waals surface area contributed by atoms with Crippen LogP contribution >= 0.6 is 0 Å². The average molecular weight is 599 g/mol. The van der Waals surface area contributed by atoms with E-state index in [1.54, 1.807) is 23.1 Å². The molecule has 15 nitrogen and oxygen atoms in total. The summed E-state index contributed by atoms with van der Waals surface area (Å²) in [7, 11) is 0. The Balaban J connectivity index is 1.02. The molecule has 5 aromatic rings. The predicted octanol–water partition coefficient (Wildman–Crippen LogP) is 2.25. The SMILES string of the molecule is CCCC(=O)N1CCN(c2ncc(C(=O)NCCCCn3nc(-c4ccc5oc(N)nc5c4)c4c(N)ncnc43)cn2)CC1. The number of unbranched alkanes of at least 4 members (excludes halogenated alkanes) is 1. The Kier molecular flexibility index (Phi) is 8.16. The maximum Gasteiger partial charge on any atom is 0.292 e. The van der Waals surface area contributed by atoms with Crippen LogP contribution in [0.5, 0.6) is 0 Å². The fourth-order valence-electron chi connectivity index (χ4n) is 5.30. The number of fused-ring (bicyclic) bond motifs is 2. The minimum Gasteiger partial charge on any atom is -0.424 e. The van der Waals surface area contributed by atoms with Crippen molar-refractivity contribution in [3.8, 4) is 11.3 Å². The van der Waals surface area contributed by atoms with Crippen LogP contribution in [0.4, 0.5) is 17.8 Å². The molecule has 1 aliphatic rings. The minimum absolute atomic E-state index is 0.0958. The van der Waals surface area contributed by atoms with Crippen molar-refractivity contribution in [1.29, 1.82) is 0 Å². The lowest BCUT2D eigenvalue weighted by molar-refractivity contribution is -0.131. The van der Waals surface area contributed by atoms with Crippen molar-refractivity contribution >= 4 is 51.7 Å². The highest BCUT2D eigenvalue weighted by molar-refractivity contribution is 5.99. The number of carbonyl (C=O) groups excluding carboxylic acids is 2. The van der Waals surface area contributed by atoms with Gasteiger partial charge in [0.05, 0.1) is 10.9 Å². The van der Waals surface area contributed by atoms with Gasteiger partial charge >= 0.3 is 0 Å². The summed E-state index contributed by atoms with van der Waals surface area (Å²) in [5.74, 6) is 0.849. The average Bonchev–Trinajstić information content (AvgIpc) is 3.61. The third kappa shape index (κ3) is 5.93. The van der Waals surface area contributed by atoms with Gasteiger partial charge in [0.2, 0.25) is 11.9 Å². The molecule has 0 atom stereocenters. The molecule has 5 heterocycles. The van der Waals surface area contributed by atoms with Gasteiger partial charge in [-0.3, -0.25) is 9.59 Å². The summed E-state index contributed by atoms with van der Waals surface area (Å²) in [5.41, 5.74) is 15.6. The molecule has 0 unspecified atom stereocenters. The first kappa shape index (κ1) is 28.8. The zero-order valence-electron chi connectivity index (χ0n) is 24.4. The number of nitrogens with one attached hydrogen (secondary N) is 1. The second-order valence-corrected chi connectivity index (χ2v) is 10.6. The number of hydrogen-bond donors (Lipinski definition) is 3. The molecule has 5 N–H and O–H groups in total. The van der Waals surface area contributed by atoms with E-state index in [0.717, 1.165) is 18.4 Å². The Labute approximate surface area is 252 Å². The molecule has 1 fully saturated rings. The van der Waals surface area contributed by atoms with E-state index >= 15 is 0 Å². The molecule has 1 aliphatic heterocycles. The van der Waals surface area contributed by atoms with E-state index in [0.29, 0.717) is 97.3 Å². The summed E-state index contributed by atoms with van der Waals surface area (Å²) >= 11 is 0. The summed E-state index contributed by atoms with van der Waals surface area (Å²) in [4.78, 5) is 50.3. The number of amides is 2. The first-order chi connectivity index (χ1) is 21.4. The van der Waals surface area contributed by atoms with Gasteiger partial charge in [-0.25, -0.2) is 24.6 Å². The highest BCUT2D eigenvalue weighted by Gasteiger charge is 2.22. The van der Waals surface area contributed by atoms with Crippen LogP contribution in [-0.2, 0) is 11.3 Å². The zero-order chi connectivity index (χ0) is 30.6. The molecule has 15 heteroatoms. The lowest BCUT2D eigenvalue weighted by atomic mass is 10.1. The third-order valence-electron chi connectivity index (χ3n) is 7.60. The van der Waals surface area contributed by atoms with Crippen LogP contribution in [0.1, 0.15) is 43.0 Å². The first-order valence-electron chi connectivity index (χ1n) is 14.7. The zero-order valence-corrected chi connectivity index (χ0v) is 24.4. The number of rotatable bonds is 10. The number of aryl methyl sites for hydroxylation is 1. The van der Waals surface area contributed by atoms with Crippen molar-refractivity contribution in [2.75, 3.05) is 49.1 Å². The Morgan fingerprint density at radius 1 is 1.02 bits per heavy atom. The predicted molar refractivity (Wildman–Crippen MR) is 164 cm³/mol. The lowest BCUT2D eigenvalue weighted by Crippen LogP contribution is -2.49. The highest BCUT2D eigenvalue weighted by Crippen LogP contribution is 2.32. The molecule has 1 saturated heterocycles. The van der Waals surface area contributed by atoms with Crippen molar-refractivity contribution < 1.29 is 14.0 Å². The second kappa shape index (κ2) is 12.5. The molecular weight excluding hydrogens is 564 g/mol. The number of hydrogen-bond acceptors (Lipinski definition) is 12. The number of piperazine rings is 1. The summed E-state index contributed by atoms with van der Waals surface area (Å²) in [6, 6.07) is 5.60. The minimum atomic E-state index is -0.234. The number of nitrogen functional groups attached to an aromatic ring is 2. The number of carbonyl (C=O) groups is 2. The van der Waals surface area contributed by atoms with Gasteiger partial charge in [0.15, 0.2) is 11.2 Å². The molecule has 0 saturated carbocycles. The van der Waals surface area contributed by atoms with Crippen molar-refractivity contribution in [1.82, 2.24) is 44.9 Å². The monoisotopic (exact) mass is 598 g/mol. The summed E-state index contributed by atoms with van der Waals surface area (Å²) < 4.78 is 7.19. The van der Waals surface area contributed by atoms with Crippen molar-refractivity contribution in [3.05, 3.63) is 42.5 Å². The van der Waals surface area contributed by atoms with Crippen LogP contribution in [-0.4, -0.2) is 84.1 Å². The Morgan fingerprint density at radius 2 is 1.82 bits per heavy atom. The van der Waals surface area contributed by atoms with E-state index in [1.165, 1.54) is 6.33 Å². The van der Waals surface area contributed by atoms with Crippen LogP contribution in [0.15, 0.2) is 41.3 Å². The van der Waals surface area contributed by atoms with Crippen LogP contribution in [0.2, 0.25) is 0 Å². The smallest absolute Gasteiger partial charge is 0.292 e. The van der Waals surface area contributed by atoms with E-state index in [4.69, 9.17) is 21.0 Å². The Hall–Kier alpha value is -5.34. The van der Waals surface area contributed by atoms with Gasteiger partial charge in [0.25, 0.3) is 11.9 Å². The molecule has 1 aromatic carbocycles. The van der Waals surface area contributed by atoms with Crippen LogP contribution in [0, 0.1) is 0 Å². The fraction of sp³-hybridized carbons (Fsp3) is 0.379. The first-order valence-corrected chi connectivity index (χ1v) is 14.7. The lowest BCUT2D eigenvalue weighted by Gasteiger charge is -2.34. The van der Waals surface area contributed by atoms with Gasteiger partial charge in [-0.2, -0.15) is 10.1 Å². The quantitative estimate of drug-likeness (QED) is 0.198. The van der Waals surface area contributed by atoms with Gasteiger partial charge < -0.3 is 31.0 Å². The van der Waals surface area contributed by atoms with Gasteiger partial charge in [-0.15, -0.1) is 0 Å². The third-order valence-corrected chi connectivity index (χ3v) is 7.60. The fourth-order valence-corrected chi connectivity index (χ4v) is 5.30. The maximum absolute atomic E-state index is 12.7. The van der Waals surface area contributed by atoms with Gasteiger partial charge in [-0.05, 0) is 37.5 Å². The van der Waals surface area contributed by atoms with Crippen molar-refractivity contribution in [2.45, 2.75) is 39.2 Å². The van der Waals surface area contributed by atoms with Crippen LogP contribution in [0.25, 0.3) is 33.4 Å². The number of oxazole rings is 1. The van der Waals surface area contributed by atoms with Gasteiger partial charge in [0, 0.05) is 63.6 Å². The summed E-state index contributed by atoms with van der Waals surface area (Å²) in [6.45, 7) is 5.67. The molecule has 6 rings (SSSR count). The second-order valence-electron chi connectivity index (χ2n) is 10.6. The molecule has 0 bridgehead atoms. The molecule has 228 valence electrons. The van der Waals surface area contributed by atoms with Crippen molar-refractivity contribution in [3.63, 3.8) is 0 Å². The standard InChI is InChI=1S/C29H34N12O3/c1-2-5-22(42)39-10-12-40(13-11-39)29-33-15-19(16-34-29)27(43)32-8-3-4-9-41-26-23(25(30)35-17-36-26)24(38-41)18-6-7-21-20(14-18)37-28(31)44-21/h6-7,14-17H,2-5,8-13H2,1H3,(H2,31,37)(H,32,43)(H2,30,35,36). The molecule has 0 aliphatic carbocycles. The van der Waals surface area contributed by atoms with Gasteiger partial charge in [0.1, 0.15) is 23.4 Å². The maximum atomic E-state index is 12.7.